The summed E-state index contributed by atoms with van der Waals surface area (Å²) in [5, 5.41) is 9.03. The Morgan fingerprint density at radius 1 is 0.923 bits per heavy atom. The highest BCUT2D eigenvalue weighted by Gasteiger charge is 2.16. The molecule has 0 atom stereocenters. The number of rotatable bonds is 4. The molecule has 3 rings (SSSR count). The third kappa shape index (κ3) is 4.59. The largest absolute Gasteiger partial charge is 0.325 e. The van der Waals surface area contributed by atoms with E-state index in [9.17, 15) is 9.59 Å². The van der Waals surface area contributed by atoms with Gasteiger partial charge in [-0.25, -0.2) is 9.78 Å². The van der Waals surface area contributed by atoms with Gasteiger partial charge in [0.2, 0.25) is 0 Å². The molecule has 0 radical (unpaired) electrons. The van der Waals surface area contributed by atoms with Crippen LogP contribution in [0.15, 0.2) is 54.6 Å². The van der Waals surface area contributed by atoms with Gasteiger partial charge in [0.1, 0.15) is 4.88 Å². The zero-order chi connectivity index (χ0) is 18.5. The number of hydrogen-bond donors (Lipinski definition) is 3. The Balaban J connectivity index is 1.64. The van der Waals surface area contributed by atoms with Gasteiger partial charge in [0.15, 0.2) is 5.13 Å². The molecule has 0 unspecified atom stereocenters. The van der Waals surface area contributed by atoms with E-state index in [2.05, 4.69) is 20.9 Å². The summed E-state index contributed by atoms with van der Waals surface area (Å²) in [4.78, 5) is 29.1. The monoisotopic (exact) mass is 386 g/mol. The molecule has 3 aromatic rings. The van der Waals surface area contributed by atoms with E-state index in [0.717, 1.165) is 11.3 Å². The van der Waals surface area contributed by atoms with Crippen molar-refractivity contribution in [2.24, 2.45) is 0 Å². The van der Waals surface area contributed by atoms with Crippen molar-refractivity contribution in [3.8, 4) is 0 Å². The second kappa shape index (κ2) is 7.99. The molecule has 132 valence electrons. The zero-order valence-electron chi connectivity index (χ0n) is 13.7. The Hall–Kier alpha value is -2.90. The van der Waals surface area contributed by atoms with Gasteiger partial charge in [0.25, 0.3) is 5.91 Å². The number of anilines is 3. The van der Waals surface area contributed by atoms with Crippen molar-refractivity contribution in [2.45, 2.75) is 6.92 Å². The van der Waals surface area contributed by atoms with Crippen molar-refractivity contribution in [1.29, 1.82) is 0 Å². The summed E-state index contributed by atoms with van der Waals surface area (Å²) >= 11 is 6.92. The molecule has 26 heavy (non-hydrogen) atoms. The maximum atomic E-state index is 12.4. The molecule has 0 aliphatic rings. The lowest BCUT2D eigenvalue weighted by molar-refractivity contribution is 0.103. The van der Waals surface area contributed by atoms with Crippen molar-refractivity contribution < 1.29 is 9.59 Å². The first-order chi connectivity index (χ1) is 12.5. The Labute approximate surface area is 159 Å². The van der Waals surface area contributed by atoms with Gasteiger partial charge >= 0.3 is 6.03 Å². The van der Waals surface area contributed by atoms with E-state index in [1.807, 2.05) is 18.2 Å². The molecule has 0 saturated carbocycles. The summed E-state index contributed by atoms with van der Waals surface area (Å²) < 4.78 is 0. The molecule has 3 amide bonds. The van der Waals surface area contributed by atoms with Crippen LogP contribution < -0.4 is 16.0 Å². The van der Waals surface area contributed by atoms with Gasteiger partial charge in [-0.3, -0.25) is 10.1 Å². The maximum absolute atomic E-state index is 12.4. The lowest BCUT2D eigenvalue weighted by atomic mass is 10.3. The number of urea groups is 1. The van der Waals surface area contributed by atoms with Crippen molar-refractivity contribution in [3.05, 3.63) is 70.2 Å². The van der Waals surface area contributed by atoms with Crippen LogP contribution in [0.25, 0.3) is 0 Å². The smallest absolute Gasteiger partial charge is 0.321 e. The molecule has 0 aliphatic heterocycles. The highest BCUT2D eigenvalue weighted by Crippen LogP contribution is 2.24. The van der Waals surface area contributed by atoms with Gasteiger partial charge < -0.3 is 10.6 Å². The number of amides is 3. The van der Waals surface area contributed by atoms with Crippen LogP contribution in [0, 0.1) is 6.92 Å². The van der Waals surface area contributed by atoms with Crippen molar-refractivity contribution in [3.63, 3.8) is 0 Å². The average Bonchev–Trinajstić information content (AvgIpc) is 2.98. The van der Waals surface area contributed by atoms with Crippen molar-refractivity contribution >= 4 is 51.4 Å². The third-order valence-electron chi connectivity index (χ3n) is 3.36. The molecule has 1 heterocycles. The van der Waals surface area contributed by atoms with E-state index in [0.29, 0.717) is 32.1 Å². The van der Waals surface area contributed by atoms with Crippen LogP contribution in [0.2, 0.25) is 5.02 Å². The predicted octanol–water partition coefficient (Wildman–Crippen LogP) is 5.00. The minimum absolute atomic E-state index is 0.266. The second-order valence-electron chi connectivity index (χ2n) is 5.34. The number of nitrogens with one attached hydrogen (secondary N) is 3. The number of hydrogen-bond acceptors (Lipinski definition) is 4. The maximum Gasteiger partial charge on any atom is 0.325 e. The summed E-state index contributed by atoms with van der Waals surface area (Å²) in [5.41, 5.74) is 1.84. The van der Waals surface area contributed by atoms with E-state index in [1.54, 1.807) is 43.3 Å². The second-order valence-corrected chi connectivity index (χ2v) is 6.78. The highest BCUT2D eigenvalue weighted by atomic mass is 35.5. The molecule has 3 N–H and O–H groups in total. The van der Waals surface area contributed by atoms with Gasteiger partial charge in [-0.15, -0.1) is 0 Å². The van der Waals surface area contributed by atoms with Crippen LogP contribution in [0.1, 0.15) is 15.4 Å². The molecule has 0 fully saturated rings. The standard InChI is InChI=1S/C18H15ClN4O2S/c1-11-15(16(24)21-13-5-3-2-4-6-13)26-18(20-11)23-17(25)22-14-9-7-12(19)8-10-14/h2-10H,1H3,(H,21,24)(H2,20,22,23,25). The summed E-state index contributed by atoms with van der Waals surface area (Å²) in [7, 11) is 0. The first-order valence-electron chi connectivity index (χ1n) is 7.68. The number of para-hydroxylation sites is 1. The number of carbonyl (C=O) groups is 2. The normalized spacial score (nSPS) is 10.2. The van der Waals surface area contributed by atoms with Crippen molar-refractivity contribution in [1.82, 2.24) is 4.98 Å². The number of halogens is 1. The Bertz CT molecular complexity index is 926. The van der Waals surface area contributed by atoms with E-state index >= 15 is 0 Å². The van der Waals surface area contributed by atoms with Crippen LogP contribution in [-0.2, 0) is 0 Å². The molecular weight excluding hydrogens is 372 g/mol. The molecule has 6 nitrogen and oxygen atoms in total. The Morgan fingerprint density at radius 2 is 1.58 bits per heavy atom. The lowest BCUT2D eigenvalue weighted by Crippen LogP contribution is -2.19. The predicted molar refractivity (Wildman–Crippen MR) is 105 cm³/mol. The summed E-state index contributed by atoms with van der Waals surface area (Å²) in [6, 6.07) is 15.4. The SMILES string of the molecule is Cc1nc(NC(=O)Nc2ccc(Cl)cc2)sc1C(=O)Nc1ccccc1. The molecule has 0 saturated heterocycles. The fourth-order valence-electron chi connectivity index (χ4n) is 2.16. The number of benzene rings is 2. The quantitative estimate of drug-likeness (QED) is 0.589. The van der Waals surface area contributed by atoms with Crippen LogP contribution in [0.3, 0.4) is 0 Å². The molecular formula is C18H15ClN4O2S. The van der Waals surface area contributed by atoms with Gasteiger partial charge in [0, 0.05) is 16.4 Å². The first-order valence-corrected chi connectivity index (χ1v) is 8.88. The number of nitrogens with zero attached hydrogens (tertiary/aromatic N) is 1. The van der Waals surface area contributed by atoms with Gasteiger partial charge in [-0.2, -0.15) is 0 Å². The number of aryl methyl sites for hydroxylation is 1. The first kappa shape index (κ1) is 17.9. The fourth-order valence-corrected chi connectivity index (χ4v) is 3.15. The number of carbonyl (C=O) groups excluding carboxylic acids is 2. The molecule has 1 aromatic heterocycles. The van der Waals surface area contributed by atoms with Crippen LogP contribution in [-0.4, -0.2) is 16.9 Å². The van der Waals surface area contributed by atoms with E-state index in [-0.39, 0.29) is 5.91 Å². The fraction of sp³-hybridized carbons (Fsp3) is 0.0556. The summed E-state index contributed by atoms with van der Waals surface area (Å²) in [6.07, 6.45) is 0. The van der Waals surface area contributed by atoms with Gasteiger partial charge in [-0.1, -0.05) is 41.1 Å². The molecule has 0 bridgehead atoms. The van der Waals surface area contributed by atoms with Gasteiger partial charge in [-0.05, 0) is 43.3 Å². The minimum atomic E-state index is -0.448. The topological polar surface area (TPSA) is 83.1 Å². The van der Waals surface area contributed by atoms with Crippen LogP contribution in [0.4, 0.5) is 21.3 Å². The highest BCUT2D eigenvalue weighted by molar-refractivity contribution is 7.17. The summed E-state index contributed by atoms with van der Waals surface area (Å²) in [6.45, 7) is 1.72. The van der Waals surface area contributed by atoms with Crippen LogP contribution >= 0.6 is 22.9 Å². The average molecular weight is 387 g/mol. The number of aromatic nitrogens is 1. The Kier molecular flexibility index (Phi) is 5.50. The van der Waals surface area contributed by atoms with E-state index < -0.39 is 6.03 Å². The Morgan fingerprint density at radius 3 is 2.27 bits per heavy atom. The van der Waals surface area contributed by atoms with Gasteiger partial charge in [0.05, 0.1) is 5.69 Å². The summed E-state index contributed by atoms with van der Waals surface area (Å²) in [5.74, 6) is -0.266. The molecule has 8 heteroatoms. The molecule has 0 aliphatic carbocycles. The third-order valence-corrected chi connectivity index (χ3v) is 4.68. The van der Waals surface area contributed by atoms with Crippen molar-refractivity contribution in [2.75, 3.05) is 16.0 Å². The van der Waals surface area contributed by atoms with E-state index in [1.165, 1.54) is 0 Å². The van der Waals surface area contributed by atoms with Crippen LogP contribution in [0.5, 0.6) is 0 Å². The lowest BCUT2D eigenvalue weighted by Gasteiger charge is -2.05. The van der Waals surface area contributed by atoms with E-state index in [4.69, 9.17) is 11.6 Å². The molecule has 2 aromatic carbocycles. The zero-order valence-corrected chi connectivity index (χ0v) is 15.3. The minimum Gasteiger partial charge on any atom is -0.321 e. The molecule has 0 spiro atoms. The number of thiazole rings is 1.